The topological polar surface area (TPSA) is 97.4 Å². The molecule has 1 aromatic heterocycles. The zero-order valence-corrected chi connectivity index (χ0v) is 22.1. The Bertz CT molecular complexity index is 901. The first kappa shape index (κ1) is 26.7. The minimum atomic E-state index is -0.962. The first-order valence-corrected chi connectivity index (χ1v) is 13.0. The van der Waals surface area contributed by atoms with Crippen LogP contribution in [0.1, 0.15) is 74.3 Å². The summed E-state index contributed by atoms with van der Waals surface area (Å²) in [5.41, 5.74) is 0.0500. The number of likely N-dealkylation sites (N-methyl/N-ethyl adjacent to an activating group) is 1. The van der Waals surface area contributed by atoms with Crippen molar-refractivity contribution in [2.24, 2.45) is 11.8 Å². The Morgan fingerprint density at radius 3 is 2.41 bits per heavy atom. The molecule has 9 heteroatoms. The summed E-state index contributed by atoms with van der Waals surface area (Å²) in [5.74, 6) is -0.108. The maximum absolute atomic E-state index is 12.5. The van der Waals surface area contributed by atoms with Crippen molar-refractivity contribution < 1.29 is 29.4 Å². The molecule has 34 heavy (non-hydrogen) atoms. The van der Waals surface area contributed by atoms with Gasteiger partial charge in [-0.05, 0) is 58.6 Å². The molecule has 1 aromatic rings. The number of carboxylic acid groups (broad SMARTS) is 1. The first-order chi connectivity index (χ1) is 15.9. The maximum Gasteiger partial charge on any atom is 0.519 e. The molecule has 190 valence electrons. The number of aromatic carboxylic acids is 1. The highest BCUT2D eigenvalue weighted by molar-refractivity contribution is 7.14. The lowest BCUT2D eigenvalue weighted by Crippen LogP contribution is -3.11. The SMILES string of the molecule is Cc1cc(N(C([OH2+])C2CCC(C)CC2)N(C)C2C=C[NH+](C(=O)OC(C)(C)C)CC2)c(C(=O)O)s1. The number of anilines is 1. The van der Waals surface area contributed by atoms with E-state index in [1.165, 1.54) is 11.3 Å². The number of thiophene rings is 1. The van der Waals surface area contributed by atoms with Crippen molar-refractivity contribution in [3.63, 3.8) is 0 Å². The van der Waals surface area contributed by atoms with Gasteiger partial charge in [-0.1, -0.05) is 19.8 Å². The van der Waals surface area contributed by atoms with Gasteiger partial charge >= 0.3 is 12.1 Å². The molecule has 3 unspecified atom stereocenters. The van der Waals surface area contributed by atoms with Crippen molar-refractivity contribution in [1.29, 1.82) is 0 Å². The van der Waals surface area contributed by atoms with Crippen molar-refractivity contribution in [3.8, 4) is 0 Å². The average molecular weight is 496 g/mol. The standard InChI is InChI=1S/C25H39N3O5S/c1-16-7-9-18(10-8-16)22(29)28(20-15-17(2)34-21(20)23(30)31)26(6)19-11-13-27(14-12-19)24(32)33-25(3,4)5/h11,13,15-16,18-19,22,29H,7-10,12,14H2,1-6H3,(H,30,31)/p+2. The molecule has 1 saturated carbocycles. The number of amides is 1. The van der Waals surface area contributed by atoms with E-state index in [-0.39, 0.29) is 22.9 Å². The number of hydrogen-bond donors (Lipinski definition) is 2. The maximum atomic E-state index is 12.5. The van der Waals surface area contributed by atoms with Crippen LogP contribution >= 0.6 is 11.3 Å². The minimum Gasteiger partial charge on any atom is -0.477 e. The number of rotatable bonds is 6. The van der Waals surface area contributed by atoms with Crippen molar-refractivity contribution in [2.45, 2.75) is 84.6 Å². The lowest BCUT2D eigenvalue weighted by Gasteiger charge is -2.42. The Hall–Kier alpha value is -1.94. The molecule has 0 aromatic carbocycles. The molecule has 1 amide bonds. The van der Waals surface area contributed by atoms with E-state index in [1.54, 1.807) is 0 Å². The second-order valence-electron chi connectivity index (χ2n) is 10.8. The van der Waals surface area contributed by atoms with Crippen LogP contribution in [0.2, 0.25) is 0 Å². The molecule has 0 spiro atoms. The number of hydrogen-bond acceptors (Lipinski definition) is 6. The van der Waals surface area contributed by atoms with Crippen molar-refractivity contribution in [2.75, 3.05) is 18.6 Å². The Labute approximate surface area is 206 Å². The summed E-state index contributed by atoms with van der Waals surface area (Å²) in [6.45, 7) is 10.3. The highest BCUT2D eigenvalue weighted by atomic mass is 32.1. The fraction of sp³-hybridized carbons (Fsp3) is 0.680. The quantitative estimate of drug-likeness (QED) is 0.357. The summed E-state index contributed by atoms with van der Waals surface area (Å²) in [5, 5.41) is 23.0. The number of carbonyl (C=O) groups excluding carboxylic acids is 1. The number of quaternary nitrogens is 1. The second-order valence-corrected chi connectivity index (χ2v) is 12.0. The molecule has 0 saturated heterocycles. The van der Waals surface area contributed by atoms with Gasteiger partial charge in [0, 0.05) is 18.3 Å². The molecule has 3 atom stereocenters. The average Bonchev–Trinajstić information content (AvgIpc) is 3.14. The number of nitrogens with zero attached hydrogens (tertiary/aromatic N) is 2. The molecule has 8 nitrogen and oxygen atoms in total. The molecule has 1 fully saturated rings. The van der Waals surface area contributed by atoms with Gasteiger partial charge in [0.15, 0.2) is 0 Å². The van der Waals surface area contributed by atoms with Gasteiger partial charge < -0.3 is 14.9 Å². The van der Waals surface area contributed by atoms with Gasteiger partial charge in [-0.15, -0.1) is 11.3 Å². The van der Waals surface area contributed by atoms with Crippen LogP contribution in [0.3, 0.4) is 0 Å². The molecule has 2 aliphatic rings. The third-order valence-corrected chi connectivity index (χ3v) is 7.78. The lowest BCUT2D eigenvalue weighted by molar-refractivity contribution is -0.771. The van der Waals surface area contributed by atoms with E-state index in [0.717, 1.165) is 30.6 Å². The Kier molecular flexibility index (Phi) is 8.44. The highest BCUT2D eigenvalue weighted by Gasteiger charge is 2.40. The molecule has 3 rings (SSSR count). The fourth-order valence-electron chi connectivity index (χ4n) is 4.84. The van der Waals surface area contributed by atoms with Gasteiger partial charge in [0.05, 0.1) is 24.2 Å². The molecule has 4 N–H and O–H groups in total. The Morgan fingerprint density at radius 2 is 1.88 bits per heavy atom. The number of alkyl carbamates (subject to hydrolysis) is 2. The molecule has 2 heterocycles. The smallest absolute Gasteiger partial charge is 0.477 e. The number of ether oxygens (including phenoxy) is 1. The minimum absolute atomic E-state index is 0.0524. The Morgan fingerprint density at radius 1 is 1.24 bits per heavy atom. The van der Waals surface area contributed by atoms with Gasteiger partial charge in [-0.3, -0.25) is 0 Å². The van der Waals surface area contributed by atoms with Crippen LogP contribution in [0.5, 0.6) is 0 Å². The van der Waals surface area contributed by atoms with Gasteiger partial charge in [-0.25, -0.2) is 19.7 Å². The van der Waals surface area contributed by atoms with Gasteiger partial charge in [0.25, 0.3) is 0 Å². The van der Waals surface area contributed by atoms with Crippen LogP contribution in [0.25, 0.3) is 0 Å². The van der Waals surface area contributed by atoms with Crippen molar-refractivity contribution >= 4 is 29.1 Å². The largest absolute Gasteiger partial charge is 0.519 e. The second kappa shape index (κ2) is 10.8. The summed E-state index contributed by atoms with van der Waals surface area (Å²) >= 11 is 1.25. The summed E-state index contributed by atoms with van der Waals surface area (Å²) < 4.78 is 5.52. The third-order valence-electron chi connectivity index (χ3n) is 6.76. The molecule has 1 aliphatic heterocycles. The predicted molar refractivity (Wildman–Crippen MR) is 134 cm³/mol. The van der Waals surface area contributed by atoms with Gasteiger partial charge in [-0.2, -0.15) is 4.79 Å². The normalized spacial score (nSPS) is 26.4. The molecular weight excluding hydrogens is 454 g/mol. The number of hydrazine groups is 1. The van der Waals surface area contributed by atoms with Crippen LogP contribution in [-0.2, 0) is 4.74 Å². The van der Waals surface area contributed by atoms with E-state index in [9.17, 15) is 19.8 Å². The lowest BCUT2D eigenvalue weighted by atomic mass is 9.82. The summed E-state index contributed by atoms with van der Waals surface area (Å²) in [6, 6.07) is 1.84. The van der Waals surface area contributed by atoms with E-state index >= 15 is 0 Å². The molecular formula is C25H41N3O5S+2. The van der Waals surface area contributed by atoms with E-state index in [4.69, 9.17) is 4.74 Å². The predicted octanol–water partition coefficient (Wildman–Crippen LogP) is 3.39. The molecule has 1 aliphatic carbocycles. The van der Waals surface area contributed by atoms with Crippen LogP contribution in [0.4, 0.5) is 10.5 Å². The van der Waals surface area contributed by atoms with Crippen molar-refractivity contribution in [3.05, 3.63) is 28.1 Å². The third kappa shape index (κ3) is 6.38. The Balaban J connectivity index is 1.86. The summed E-state index contributed by atoms with van der Waals surface area (Å²) in [6.07, 6.45) is 7.78. The first-order valence-electron chi connectivity index (χ1n) is 12.2. The van der Waals surface area contributed by atoms with E-state index in [2.05, 4.69) is 6.92 Å². The molecule has 0 bridgehead atoms. The van der Waals surface area contributed by atoms with E-state index in [1.807, 2.05) is 63.1 Å². The van der Waals surface area contributed by atoms with E-state index < -0.39 is 17.8 Å². The van der Waals surface area contributed by atoms with Crippen LogP contribution in [0.15, 0.2) is 18.3 Å². The van der Waals surface area contributed by atoms with Crippen LogP contribution in [-0.4, -0.2) is 58.7 Å². The number of carboxylic acids is 1. The van der Waals surface area contributed by atoms with Gasteiger partial charge in [0.2, 0.25) is 6.23 Å². The zero-order valence-electron chi connectivity index (χ0n) is 21.3. The fourth-order valence-corrected chi connectivity index (χ4v) is 5.67. The number of aryl methyl sites for hydroxylation is 1. The monoisotopic (exact) mass is 495 g/mol. The highest BCUT2D eigenvalue weighted by Crippen LogP contribution is 2.38. The van der Waals surface area contributed by atoms with Crippen molar-refractivity contribution in [1.82, 2.24) is 5.01 Å². The van der Waals surface area contributed by atoms with Gasteiger partial charge in [0.1, 0.15) is 16.7 Å². The molecule has 0 radical (unpaired) electrons. The van der Waals surface area contributed by atoms with Crippen LogP contribution < -0.4 is 9.91 Å². The van der Waals surface area contributed by atoms with E-state index in [0.29, 0.717) is 29.5 Å². The summed E-state index contributed by atoms with van der Waals surface area (Å²) in [7, 11) is 1.93. The summed E-state index contributed by atoms with van der Waals surface area (Å²) in [4.78, 5) is 26.4. The van der Waals surface area contributed by atoms with Crippen LogP contribution in [0, 0.1) is 18.8 Å². The number of nitrogens with one attached hydrogen (secondary N) is 1. The zero-order chi connectivity index (χ0) is 25.2. The number of carbonyl (C=O) groups is 2.